The van der Waals surface area contributed by atoms with Crippen LogP contribution in [-0.4, -0.2) is 51.2 Å². The summed E-state index contributed by atoms with van der Waals surface area (Å²) in [6, 6.07) is 4.50. The summed E-state index contributed by atoms with van der Waals surface area (Å²) >= 11 is 6.01. The van der Waals surface area contributed by atoms with Crippen molar-refractivity contribution in [3.05, 3.63) is 41.2 Å². The van der Waals surface area contributed by atoms with E-state index in [2.05, 4.69) is 29.7 Å². The molecule has 7 nitrogen and oxygen atoms in total. The highest BCUT2D eigenvalue weighted by Crippen LogP contribution is 2.27. The monoisotopic (exact) mass is 362 g/mol. The van der Waals surface area contributed by atoms with Gasteiger partial charge >= 0.3 is 0 Å². The first kappa shape index (κ1) is 16.0. The van der Waals surface area contributed by atoms with Gasteiger partial charge in [0.1, 0.15) is 5.82 Å². The molecule has 1 saturated heterocycles. The molecule has 130 valence electrons. The summed E-state index contributed by atoms with van der Waals surface area (Å²) in [6.45, 7) is 2.65. The van der Waals surface area contributed by atoms with Crippen LogP contribution in [0.4, 0.5) is 15.9 Å². The van der Waals surface area contributed by atoms with Crippen molar-refractivity contribution < 1.29 is 9.50 Å². The zero-order valence-electron chi connectivity index (χ0n) is 13.3. The molecule has 0 radical (unpaired) electrons. The lowest BCUT2D eigenvalue weighted by atomic mass is 10.1. The van der Waals surface area contributed by atoms with E-state index in [0.717, 1.165) is 5.69 Å². The second-order valence-corrected chi connectivity index (χ2v) is 6.16. The molecule has 0 aliphatic carbocycles. The number of aromatic amines is 1. The number of anilines is 2. The maximum absolute atomic E-state index is 13.4. The van der Waals surface area contributed by atoms with Gasteiger partial charge in [-0.1, -0.05) is 0 Å². The van der Waals surface area contributed by atoms with Gasteiger partial charge in [-0.25, -0.2) is 9.37 Å². The van der Waals surface area contributed by atoms with Gasteiger partial charge in [-0.15, -0.1) is 0 Å². The third-order valence-corrected chi connectivity index (χ3v) is 4.53. The maximum Gasteiger partial charge on any atom is 0.226 e. The predicted octanol–water partition coefficient (Wildman–Crippen LogP) is 1.96. The number of hydrogen-bond donors (Lipinski definition) is 2. The second kappa shape index (κ2) is 6.45. The first-order chi connectivity index (χ1) is 12.2. The smallest absolute Gasteiger partial charge is 0.226 e. The van der Waals surface area contributed by atoms with Crippen molar-refractivity contribution in [2.45, 2.75) is 6.61 Å². The molecule has 2 aromatic heterocycles. The van der Waals surface area contributed by atoms with Crippen LogP contribution in [-0.2, 0) is 6.61 Å². The van der Waals surface area contributed by atoms with Crippen LogP contribution in [0, 0.1) is 5.82 Å². The molecule has 3 aromatic rings. The minimum Gasteiger partial charge on any atom is -0.392 e. The number of nitrogens with zero attached hydrogens (tertiary/aromatic N) is 5. The van der Waals surface area contributed by atoms with E-state index in [9.17, 15) is 9.50 Å². The second-order valence-electron chi connectivity index (χ2n) is 5.82. The van der Waals surface area contributed by atoms with Crippen molar-refractivity contribution in [1.82, 2.24) is 19.9 Å². The molecule has 0 bridgehead atoms. The van der Waals surface area contributed by atoms with Crippen molar-refractivity contribution in [2.75, 3.05) is 36.0 Å². The average Bonchev–Trinajstić information content (AvgIpc) is 3.09. The molecule has 3 heterocycles. The average molecular weight is 363 g/mol. The lowest BCUT2D eigenvalue weighted by Crippen LogP contribution is -2.47. The lowest BCUT2D eigenvalue weighted by molar-refractivity contribution is 0.281. The fraction of sp³-hybridized carbons (Fsp3) is 0.312. The largest absolute Gasteiger partial charge is 0.392 e. The van der Waals surface area contributed by atoms with Crippen LogP contribution in [0.5, 0.6) is 0 Å². The molecule has 9 heteroatoms. The quantitative estimate of drug-likeness (QED) is 0.693. The number of aromatic nitrogens is 4. The van der Waals surface area contributed by atoms with Gasteiger partial charge in [0.2, 0.25) is 5.28 Å². The number of rotatable bonds is 3. The molecule has 25 heavy (non-hydrogen) atoms. The van der Waals surface area contributed by atoms with Crippen LogP contribution in [0.1, 0.15) is 5.56 Å². The molecular weight excluding hydrogens is 347 g/mol. The summed E-state index contributed by atoms with van der Waals surface area (Å²) in [5.41, 5.74) is 2.75. The van der Waals surface area contributed by atoms with Crippen LogP contribution >= 0.6 is 11.6 Å². The standard InChI is InChI=1S/C16H16ClFN6O/c17-16-21-14-13(19-9-20-14)15(22-16)24-5-3-23(4-6-24)12-2-1-11(18)7-10(12)8-25/h1-2,7,9,25H,3-6,8H2,(H,19,20,21,22). The van der Waals surface area contributed by atoms with Crippen molar-refractivity contribution >= 4 is 34.3 Å². The predicted molar refractivity (Wildman–Crippen MR) is 93.4 cm³/mol. The third kappa shape index (κ3) is 2.98. The minimum atomic E-state index is -0.344. The van der Waals surface area contributed by atoms with Crippen LogP contribution in [0.3, 0.4) is 0 Å². The van der Waals surface area contributed by atoms with Crippen molar-refractivity contribution in [3.8, 4) is 0 Å². The Bertz CT molecular complexity index is 909. The number of piperazine rings is 1. The van der Waals surface area contributed by atoms with Gasteiger partial charge in [0.15, 0.2) is 17.0 Å². The van der Waals surface area contributed by atoms with Gasteiger partial charge in [0.25, 0.3) is 0 Å². The van der Waals surface area contributed by atoms with Gasteiger partial charge in [0, 0.05) is 37.4 Å². The highest BCUT2D eigenvalue weighted by Gasteiger charge is 2.23. The number of aliphatic hydroxyl groups excluding tert-OH is 1. The Balaban J connectivity index is 1.56. The number of H-pyrrole nitrogens is 1. The molecule has 0 atom stereocenters. The fourth-order valence-electron chi connectivity index (χ4n) is 3.16. The molecule has 0 unspecified atom stereocenters. The number of halogens is 2. The van der Waals surface area contributed by atoms with E-state index >= 15 is 0 Å². The summed E-state index contributed by atoms with van der Waals surface area (Å²) < 4.78 is 13.4. The Kier molecular flexibility index (Phi) is 4.14. The van der Waals surface area contributed by atoms with E-state index in [0.29, 0.717) is 48.7 Å². The summed E-state index contributed by atoms with van der Waals surface area (Å²) in [5, 5.41) is 9.66. The van der Waals surface area contributed by atoms with Gasteiger partial charge in [-0.3, -0.25) is 0 Å². The molecule has 0 spiro atoms. The van der Waals surface area contributed by atoms with E-state index < -0.39 is 0 Å². The Hall–Kier alpha value is -2.45. The molecule has 1 aromatic carbocycles. The van der Waals surface area contributed by atoms with Crippen LogP contribution in [0.2, 0.25) is 5.28 Å². The third-order valence-electron chi connectivity index (χ3n) is 4.37. The SMILES string of the molecule is OCc1cc(F)ccc1N1CCN(c2nc(Cl)nc3[nH]cnc23)CC1. The molecule has 0 saturated carbocycles. The van der Waals surface area contributed by atoms with E-state index in [1.54, 1.807) is 12.4 Å². The lowest BCUT2D eigenvalue weighted by Gasteiger charge is -2.37. The Labute approximate surface area is 148 Å². The fourth-order valence-corrected chi connectivity index (χ4v) is 3.33. The molecule has 1 aliphatic rings. The number of fused-ring (bicyclic) bond motifs is 1. The molecule has 2 N–H and O–H groups in total. The van der Waals surface area contributed by atoms with Crippen molar-refractivity contribution in [1.29, 1.82) is 0 Å². The van der Waals surface area contributed by atoms with E-state index in [1.807, 2.05) is 0 Å². The van der Waals surface area contributed by atoms with Crippen LogP contribution < -0.4 is 9.80 Å². The highest BCUT2D eigenvalue weighted by molar-refractivity contribution is 6.28. The number of imidazole rings is 1. The van der Waals surface area contributed by atoms with Crippen molar-refractivity contribution in [2.24, 2.45) is 0 Å². The minimum absolute atomic E-state index is 0.176. The normalized spacial score (nSPS) is 15.2. The van der Waals surface area contributed by atoms with Crippen molar-refractivity contribution in [3.63, 3.8) is 0 Å². The van der Waals surface area contributed by atoms with Gasteiger partial charge in [0.05, 0.1) is 12.9 Å². The Morgan fingerprint density at radius 1 is 1.16 bits per heavy atom. The first-order valence-electron chi connectivity index (χ1n) is 7.91. The number of aliphatic hydroxyl groups is 1. The summed E-state index contributed by atoms with van der Waals surface area (Å²) in [7, 11) is 0. The molecule has 1 aliphatic heterocycles. The topological polar surface area (TPSA) is 81.2 Å². The van der Waals surface area contributed by atoms with Crippen LogP contribution in [0.25, 0.3) is 11.2 Å². The molecule has 4 rings (SSSR count). The van der Waals surface area contributed by atoms with E-state index in [-0.39, 0.29) is 17.7 Å². The summed E-state index contributed by atoms with van der Waals surface area (Å²) in [4.78, 5) is 19.9. The summed E-state index contributed by atoms with van der Waals surface area (Å²) in [6.07, 6.45) is 1.57. The number of benzene rings is 1. The Morgan fingerprint density at radius 3 is 2.68 bits per heavy atom. The van der Waals surface area contributed by atoms with E-state index in [1.165, 1.54) is 12.1 Å². The maximum atomic E-state index is 13.4. The van der Waals surface area contributed by atoms with Crippen LogP contribution in [0.15, 0.2) is 24.5 Å². The first-order valence-corrected chi connectivity index (χ1v) is 8.29. The number of nitrogens with one attached hydrogen (secondary N) is 1. The van der Waals surface area contributed by atoms with Gasteiger partial charge in [-0.2, -0.15) is 9.97 Å². The summed E-state index contributed by atoms with van der Waals surface area (Å²) in [5.74, 6) is 0.361. The molecule has 0 amide bonds. The van der Waals surface area contributed by atoms with E-state index in [4.69, 9.17) is 11.6 Å². The number of hydrogen-bond acceptors (Lipinski definition) is 6. The molecule has 1 fully saturated rings. The highest BCUT2D eigenvalue weighted by atomic mass is 35.5. The van der Waals surface area contributed by atoms with Gasteiger partial charge < -0.3 is 19.9 Å². The zero-order chi connectivity index (χ0) is 17.4. The molecular formula is C16H16ClFN6O. The zero-order valence-corrected chi connectivity index (χ0v) is 14.0. The Morgan fingerprint density at radius 2 is 1.92 bits per heavy atom. The van der Waals surface area contributed by atoms with Gasteiger partial charge in [-0.05, 0) is 29.8 Å².